The van der Waals surface area contributed by atoms with Gasteiger partial charge >= 0.3 is 0 Å². The van der Waals surface area contributed by atoms with Gasteiger partial charge in [0, 0.05) is 31.7 Å². The Morgan fingerprint density at radius 2 is 2.00 bits per heavy atom. The van der Waals surface area contributed by atoms with Gasteiger partial charge in [-0.15, -0.1) is 0 Å². The molecule has 1 amide bonds. The SMILES string of the molecule is O=C(CN1CC(CO)C1)NC1CCCC1. The average molecular weight is 212 g/mol. The molecule has 4 nitrogen and oxygen atoms in total. The lowest BCUT2D eigenvalue weighted by Gasteiger charge is -2.37. The Bertz CT molecular complexity index is 221. The first kappa shape index (κ1) is 10.9. The number of carbonyl (C=O) groups excluding carboxylic acids is 1. The summed E-state index contributed by atoms with van der Waals surface area (Å²) in [6, 6.07) is 0.424. The van der Waals surface area contributed by atoms with Gasteiger partial charge in [-0.1, -0.05) is 12.8 Å². The number of aliphatic hydroxyl groups is 1. The highest BCUT2D eigenvalue weighted by molar-refractivity contribution is 5.78. The van der Waals surface area contributed by atoms with Crippen molar-refractivity contribution in [1.29, 1.82) is 0 Å². The van der Waals surface area contributed by atoms with Gasteiger partial charge in [-0.2, -0.15) is 0 Å². The predicted octanol–water partition coefficient (Wildman–Crippen LogP) is -0.0307. The van der Waals surface area contributed by atoms with E-state index in [0.29, 0.717) is 18.5 Å². The van der Waals surface area contributed by atoms with Crippen molar-refractivity contribution in [1.82, 2.24) is 10.2 Å². The summed E-state index contributed by atoms with van der Waals surface area (Å²) >= 11 is 0. The smallest absolute Gasteiger partial charge is 0.234 e. The summed E-state index contributed by atoms with van der Waals surface area (Å²) in [4.78, 5) is 13.7. The van der Waals surface area contributed by atoms with E-state index >= 15 is 0 Å². The lowest BCUT2D eigenvalue weighted by Crippen LogP contribution is -2.52. The third-order valence-corrected chi connectivity index (χ3v) is 3.38. The molecule has 0 aromatic rings. The molecule has 2 fully saturated rings. The van der Waals surface area contributed by atoms with Crippen molar-refractivity contribution in [2.45, 2.75) is 31.7 Å². The number of aliphatic hydroxyl groups excluding tert-OH is 1. The molecule has 4 heteroatoms. The zero-order valence-corrected chi connectivity index (χ0v) is 9.11. The molecule has 86 valence electrons. The van der Waals surface area contributed by atoms with Gasteiger partial charge in [0.05, 0.1) is 6.54 Å². The molecule has 15 heavy (non-hydrogen) atoms. The second-order valence-electron chi connectivity index (χ2n) is 4.79. The Morgan fingerprint density at radius 1 is 1.33 bits per heavy atom. The van der Waals surface area contributed by atoms with Crippen molar-refractivity contribution in [2.24, 2.45) is 5.92 Å². The van der Waals surface area contributed by atoms with Gasteiger partial charge in [0.25, 0.3) is 0 Å². The van der Waals surface area contributed by atoms with Crippen LogP contribution in [0, 0.1) is 5.92 Å². The topological polar surface area (TPSA) is 52.6 Å². The molecular weight excluding hydrogens is 192 g/mol. The van der Waals surface area contributed by atoms with E-state index in [0.717, 1.165) is 25.9 Å². The Labute approximate surface area is 90.6 Å². The summed E-state index contributed by atoms with van der Waals surface area (Å²) in [6.07, 6.45) is 4.79. The second kappa shape index (κ2) is 4.94. The Kier molecular flexibility index (Phi) is 3.59. The van der Waals surface area contributed by atoms with Crippen molar-refractivity contribution < 1.29 is 9.90 Å². The minimum absolute atomic E-state index is 0.151. The monoisotopic (exact) mass is 212 g/mol. The van der Waals surface area contributed by atoms with Crippen LogP contribution >= 0.6 is 0 Å². The van der Waals surface area contributed by atoms with Crippen LogP contribution in [-0.4, -0.2) is 48.2 Å². The van der Waals surface area contributed by atoms with E-state index in [4.69, 9.17) is 5.11 Å². The maximum atomic E-state index is 11.6. The number of nitrogens with zero attached hydrogens (tertiary/aromatic N) is 1. The average Bonchev–Trinajstić information content (AvgIpc) is 2.63. The summed E-state index contributed by atoms with van der Waals surface area (Å²) in [7, 11) is 0. The van der Waals surface area contributed by atoms with Crippen molar-refractivity contribution in [3.63, 3.8) is 0 Å². The lowest BCUT2D eigenvalue weighted by molar-refractivity contribution is -0.124. The van der Waals surface area contributed by atoms with E-state index in [-0.39, 0.29) is 12.5 Å². The van der Waals surface area contributed by atoms with Crippen LogP contribution in [-0.2, 0) is 4.79 Å². The highest BCUT2D eigenvalue weighted by Gasteiger charge is 2.28. The molecule has 0 spiro atoms. The number of carbonyl (C=O) groups is 1. The van der Waals surface area contributed by atoms with Gasteiger partial charge in [-0.25, -0.2) is 0 Å². The second-order valence-corrected chi connectivity index (χ2v) is 4.79. The van der Waals surface area contributed by atoms with Gasteiger partial charge in [-0.05, 0) is 12.8 Å². The van der Waals surface area contributed by atoms with E-state index in [2.05, 4.69) is 10.2 Å². The van der Waals surface area contributed by atoms with Gasteiger partial charge < -0.3 is 10.4 Å². The van der Waals surface area contributed by atoms with Crippen LogP contribution in [0.25, 0.3) is 0 Å². The summed E-state index contributed by atoms with van der Waals surface area (Å²) in [6.45, 7) is 2.50. The van der Waals surface area contributed by atoms with Crippen LogP contribution in [0.3, 0.4) is 0 Å². The summed E-state index contributed by atoms with van der Waals surface area (Å²) in [5.74, 6) is 0.544. The fourth-order valence-electron chi connectivity index (χ4n) is 2.47. The van der Waals surface area contributed by atoms with Crippen molar-refractivity contribution in [3.05, 3.63) is 0 Å². The van der Waals surface area contributed by atoms with E-state index in [1.54, 1.807) is 0 Å². The molecule has 0 unspecified atom stereocenters. The zero-order valence-electron chi connectivity index (χ0n) is 9.11. The molecule has 0 aromatic heterocycles. The molecule has 0 aromatic carbocycles. The molecule has 0 bridgehead atoms. The molecule has 1 saturated heterocycles. The molecule has 0 atom stereocenters. The minimum atomic E-state index is 0.151. The largest absolute Gasteiger partial charge is 0.396 e. The first-order chi connectivity index (χ1) is 7.28. The molecule has 1 heterocycles. The molecule has 1 aliphatic heterocycles. The number of amides is 1. The predicted molar refractivity (Wildman–Crippen MR) is 57.4 cm³/mol. The van der Waals surface area contributed by atoms with Crippen LogP contribution in [0.1, 0.15) is 25.7 Å². The maximum absolute atomic E-state index is 11.6. The quantitative estimate of drug-likeness (QED) is 0.688. The maximum Gasteiger partial charge on any atom is 0.234 e. The summed E-state index contributed by atoms with van der Waals surface area (Å²) in [5.41, 5.74) is 0. The third-order valence-electron chi connectivity index (χ3n) is 3.38. The number of nitrogens with one attached hydrogen (secondary N) is 1. The Hall–Kier alpha value is -0.610. The van der Waals surface area contributed by atoms with Gasteiger partial charge in [0.2, 0.25) is 5.91 Å². The highest BCUT2D eigenvalue weighted by Crippen LogP contribution is 2.18. The fraction of sp³-hybridized carbons (Fsp3) is 0.909. The number of hydrogen-bond acceptors (Lipinski definition) is 3. The van der Waals surface area contributed by atoms with E-state index in [1.165, 1.54) is 12.8 Å². The van der Waals surface area contributed by atoms with Crippen LogP contribution in [0.2, 0.25) is 0 Å². The minimum Gasteiger partial charge on any atom is -0.396 e. The van der Waals surface area contributed by atoms with Crippen LogP contribution in [0.15, 0.2) is 0 Å². The van der Waals surface area contributed by atoms with Gasteiger partial charge in [0.15, 0.2) is 0 Å². The first-order valence-corrected chi connectivity index (χ1v) is 5.90. The fourth-order valence-corrected chi connectivity index (χ4v) is 2.47. The van der Waals surface area contributed by atoms with Crippen LogP contribution < -0.4 is 5.32 Å². The highest BCUT2D eigenvalue weighted by atomic mass is 16.3. The van der Waals surface area contributed by atoms with Crippen LogP contribution in [0.4, 0.5) is 0 Å². The van der Waals surface area contributed by atoms with Crippen LogP contribution in [0.5, 0.6) is 0 Å². The van der Waals surface area contributed by atoms with E-state index in [1.807, 2.05) is 0 Å². The Balaban J connectivity index is 1.61. The van der Waals surface area contributed by atoms with Crippen molar-refractivity contribution in [3.8, 4) is 0 Å². The molecular formula is C11H20N2O2. The molecule has 2 N–H and O–H groups in total. The molecule has 1 saturated carbocycles. The standard InChI is InChI=1S/C11H20N2O2/c14-8-9-5-13(6-9)7-11(15)12-10-3-1-2-4-10/h9-10,14H,1-8H2,(H,12,15). The molecule has 2 rings (SSSR count). The number of rotatable bonds is 4. The van der Waals surface area contributed by atoms with Gasteiger partial charge in [-0.3, -0.25) is 9.69 Å². The third kappa shape index (κ3) is 2.92. The normalized spacial score (nSPS) is 24.1. The van der Waals surface area contributed by atoms with Gasteiger partial charge in [0.1, 0.15) is 0 Å². The lowest BCUT2D eigenvalue weighted by atomic mass is 10.0. The van der Waals surface area contributed by atoms with Crippen molar-refractivity contribution in [2.75, 3.05) is 26.2 Å². The summed E-state index contributed by atoms with van der Waals surface area (Å²) in [5, 5.41) is 11.9. The first-order valence-electron chi connectivity index (χ1n) is 5.90. The zero-order chi connectivity index (χ0) is 10.7. The van der Waals surface area contributed by atoms with E-state index in [9.17, 15) is 4.79 Å². The summed E-state index contributed by atoms with van der Waals surface area (Å²) < 4.78 is 0. The molecule has 2 aliphatic rings. The number of hydrogen-bond donors (Lipinski definition) is 2. The number of likely N-dealkylation sites (tertiary alicyclic amines) is 1. The van der Waals surface area contributed by atoms with E-state index < -0.39 is 0 Å². The van der Waals surface area contributed by atoms with Crippen molar-refractivity contribution >= 4 is 5.91 Å². The molecule has 0 radical (unpaired) electrons. The molecule has 1 aliphatic carbocycles. The Morgan fingerprint density at radius 3 is 2.60 bits per heavy atom.